The fourth-order valence-electron chi connectivity index (χ4n) is 3.85. The van der Waals surface area contributed by atoms with Gasteiger partial charge < -0.3 is 5.73 Å². The molecule has 20 heavy (non-hydrogen) atoms. The second-order valence-corrected chi connectivity index (χ2v) is 6.82. The molecule has 2 N–H and O–H groups in total. The summed E-state index contributed by atoms with van der Waals surface area (Å²) in [5, 5.41) is 0. The van der Waals surface area contributed by atoms with E-state index in [0.29, 0.717) is 0 Å². The molecular weight excluding hydrogens is 244 g/mol. The highest BCUT2D eigenvalue weighted by Crippen LogP contribution is 2.29. The van der Waals surface area contributed by atoms with Gasteiger partial charge in [0.2, 0.25) is 0 Å². The van der Waals surface area contributed by atoms with Crippen LogP contribution in [0.15, 0.2) is 24.3 Å². The minimum atomic E-state index is 0.129. The van der Waals surface area contributed by atoms with Crippen LogP contribution in [-0.2, 0) is 13.0 Å². The molecule has 2 heteroatoms. The lowest BCUT2D eigenvalue weighted by Gasteiger charge is -2.35. The summed E-state index contributed by atoms with van der Waals surface area (Å²) in [5.41, 5.74) is 9.79. The van der Waals surface area contributed by atoms with Crippen LogP contribution in [-0.4, -0.2) is 23.5 Å². The number of fused-ring (bicyclic) bond motifs is 1. The van der Waals surface area contributed by atoms with Crippen molar-refractivity contribution in [2.24, 2.45) is 5.73 Å². The molecule has 0 bridgehead atoms. The second kappa shape index (κ2) is 6.28. The molecule has 2 aliphatic rings. The van der Waals surface area contributed by atoms with Gasteiger partial charge in [0, 0.05) is 18.6 Å². The van der Waals surface area contributed by atoms with Crippen molar-refractivity contribution < 1.29 is 0 Å². The normalized spacial score (nSPS) is 23.1. The third-order valence-electron chi connectivity index (χ3n) is 5.21. The predicted octanol–water partition coefficient (Wildman–Crippen LogP) is 3.49. The maximum atomic E-state index is 6.58. The summed E-state index contributed by atoms with van der Waals surface area (Å²) < 4.78 is 0. The lowest BCUT2D eigenvalue weighted by molar-refractivity contribution is 0.204. The lowest BCUT2D eigenvalue weighted by Crippen LogP contribution is -2.44. The minimum absolute atomic E-state index is 0.129. The molecule has 1 heterocycles. The quantitative estimate of drug-likeness (QED) is 0.912. The van der Waals surface area contributed by atoms with Crippen LogP contribution in [0, 0.1) is 0 Å². The van der Waals surface area contributed by atoms with E-state index in [2.05, 4.69) is 29.2 Å². The van der Waals surface area contributed by atoms with E-state index in [0.717, 1.165) is 6.54 Å². The Morgan fingerprint density at radius 2 is 1.75 bits per heavy atom. The topological polar surface area (TPSA) is 29.3 Å². The molecule has 1 aliphatic heterocycles. The third-order valence-corrected chi connectivity index (χ3v) is 5.21. The van der Waals surface area contributed by atoms with Crippen molar-refractivity contribution in [2.45, 2.75) is 63.5 Å². The Balaban J connectivity index is 1.58. The van der Waals surface area contributed by atoms with Crippen LogP contribution in [0.4, 0.5) is 0 Å². The molecule has 1 saturated carbocycles. The molecular formula is C18H28N2. The molecule has 110 valence electrons. The van der Waals surface area contributed by atoms with E-state index in [1.807, 2.05) is 0 Å². The van der Waals surface area contributed by atoms with Crippen LogP contribution < -0.4 is 5.73 Å². The van der Waals surface area contributed by atoms with Crippen molar-refractivity contribution in [3.63, 3.8) is 0 Å². The molecule has 0 atom stereocenters. The first-order valence-corrected chi connectivity index (χ1v) is 8.33. The number of benzene rings is 1. The van der Waals surface area contributed by atoms with Crippen molar-refractivity contribution in [3.05, 3.63) is 35.4 Å². The lowest BCUT2D eigenvalue weighted by atomic mass is 9.80. The molecule has 3 rings (SSSR count). The summed E-state index contributed by atoms with van der Waals surface area (Å²) in [5.74, 6) is 0. The smallest absolute Gasteiger partial charge is 0.0236 e. The first-order valence-electron chi connectivity index (χ1n) is 8.33. The van der Waals surface area contributed by atoms with E-state index in [9.17, 15) is 0 Å². The van der Waals surface area contributed by atoms with E-state index in [4.69, 9.17) is 5.73 Å². The Morgan fingerprint density at radius 3 is 2.55 bits per heavy atom. The summed E-state index contributed by atoms with van der Waals surface area (Å²) >= 11 is 0. The molecule has 0 saturated heterocycles. The molecule has 0 radical (unpaired) electrons. The summed E-state index contributed by atoms with van der Waals surface area (Å²) in [4.78, 5) is 2.62. The summed E-state index contributed by atoms with van der Waals surface area (Å²) in [6, 6.07) is 8.94. The second-order valence-electron chi connectivity index (χ2n) is 6.82. The highest BCUT2D eigenvalue weighted by Gasteiger charge is 2.28. The van der Waals surface area contributed by atoms with Gasteiger partial charge in [-0.1, -0.05) is 43.5 Å². The molecule has 1 fully saturated rings. The van der Waals surface area contributed by atoms with Crippen LogP contribution in [0.5, 0.6) is 0 Å². The summed E-state index contributed by atoms with van der Waals surface area (Å²) in [6.45, 7) is 3.52. The Morgan fingerprint density at radius 1 is 1.00 bits per heavy atom. The third kappa shape index (κ3) is 3.42. The molecule has 0 unspecified atom stereocenters. The molecule has 1 aliphatic carbocycles. The van der Waals surface area contributed by atoms with Crippen molar-refractivity contribution in [1.82, 2.24) is 4.90 Å². The Labute approximate surface area is 123 Å². The monoisotopic (exact) mass is 272 g/mol. The van der Waals surface area contributed by atoms with E-state index in [1.54, 1.807) is 5.56 Å². The van der Waals surface area contributed by atoms with Crippen molar-refractivity contribution in [3.8, 4) is 0 Å². The number of aryl methyl sites for hydroxylation is 1. The Bertz CT molecular complexity index is 435. The first kappa shape index (κ1) is 14.1. The van der Waals surface area contributed by atoms with Crippen molar-refractivity contribution in [2.75, 3.05) is 13.1 Å². The standard InChI is InChI=1S/C18H28N2/c19-18(10-4-1-5-11-18)12-14-20-13-6-9-16-7-2-3-8-17(16)15-20/h2-3,7-8H,1,4-6,9-15,19H2. The summed E-state index contributed by atoms with van der Waals surface area (Å²) in [7, 11) is 0. The van der Waals surface area contributed by atoms with Crippen LogP contribution in [0.2, 0.25) is 0 Å². The number of nitrogens with zero attached hydrogens (tertiary/aromatic N) is 1. The van der Waals surface area contributed by atoms with Gasteiger partial charge >= 0.3 is 0 Å². The zero-order chi connectivity index (χ0) is 13.8. The SMILES string of the molecule is NC1(CCN2CCCc3ccccc3C2)CCCCC1. The molecule has 0 amide bonds. The van der Waals surface area contributed by atoms with Gasteiger partial charge in [-0.15, -0.1) is 0 Å². The van der Waals surface area contributed by atoms with Crippen LogP contribution in [0.3, 0.4) is 0 Å². The molecule has 1 aromatic carbocycles. The van der Waals surface area contributed by atoms with Gasteiger partial charge in [0.25, 0.3) is 0 Å². The number of hydrogen-bond donors (Lipinski definition) is 1. The molecule has 0 aromatic heterocycles. The number of hydrogen-bond acceptors (Lipinski definition) is 2. The van der Waals surface area contributed by atoms with Gasteiger partial charge in [-0.3, -0.25) is 4.90 Å². The van der Waals surface area contributed by atoms with Crippen LogP contribution in [0.1, 0.15) is 56.1 Å². The van der Waals surface area contributed by atoms with Gasteiger partial charge in [-0.25, -0.2) is 0 Å². The van der Waals surface area contributed by atoms with Gasteiger partial charge in [-0.05, 0) is 49.8 Å². The Kier molecular flexibility index (Phi) is 4.42. The van der Waals surface area contributed by atoms with E-state index in [-0.39, 0.29) is 5.54 Å². The first-order chi connectivity index (χ1) is 9.75. The highest BCUT2D eigenvalue weighted by molar-refractivity contribution is 5.28. The average Bonchev–Trinajstić information content (AvgIpc) is 2.68. The molecule has 2 nitrogen and oxygen atoms in total. The van der Waals surface area contributed by atoms with E-state index in [1.165, 1.54) is 70.0 Å². The number of nitrogens with two attached hydrogens (primary N) is 1. The van der Waals surface area contributed by atoms with E-state index < -0.39 is 0 Å². The largest absolute Gasteiger partial charge is 0.325 e. The predicted molar refractivity (Wildman–Crippen MR) is 84.7 cm³/mol. The van der Waals surface area contributed by atoms with Gasteiger partial charge in [0.1, 0.15) is 0 Å². The van der Waals surface area contributed by atoms with Crippen LogP contribution in [0.25, 0.3) is 0 Å². The maximum absolute atomic E-state index is 6.58. The van der Waals surface area contributed by atoms with Crippen molar-refractivity contribution >= 4 is 0 Å². The average molecular weight is 272 g/mol. The molecule has 1 aromatic rings. The maximum Gasteiger partial charge on any atom is 0.0236 e. The number of rotatable bonds is 3. The minimum Gasteiger partial charge on any atom is -0.325 e. The summed E-state index contributed by atoms with van der Waals surface area (Å²) in [6.07, 6.45) is 10.2. The van der Waals surface area contributed by atoms with Gasteiger partial charge in [0.05, 0.1) is 0 Å². The Hall–Kier alpha value is -0.860. The van der Waals surface area contributed by atoms with Crippen molar-refractivity contribution in [1.29, 1.82) is 0 Å². The van der Waals surface area contributed by atoms with Gasteiger partial charge in [0.15, 0.2) is 0 Å². The van der Waals surface area contributed by atoms with E-state index >= 15 is 0 Å². The highest BCUT2D eigenvalue weighted by atomic mass is 15.1. The zero-order valence-electron chi connectivity index (χ0n) is 12.6. The van der Waals surface area contributed by atoms with Crippen LogP contribution >= 0.6 is 0 Å². The fraction of sp³-hybridized carbons (Fsp3) is 0.667. The molecule has 0 spiro atoms. The fourth-order valence-corrected chi connectivity index (χ4v) is 3.85. The van der Waals surface area contributed by atoms with Gasteiger partial charge in [-0.2, -0.15) is 0 Å². The zero-order valence-corrected chi connectivity index (χ0v) is 12.6.